The number of carbonyl (C=O) groups is 1. The monoisotopic (exact) mass is 510 g/mol. The van der Waals surface area contributed by atoms with Crippen molar-refractivity contribution in [1.82, 2.24) is 25.0 Å². The van der Waals surface area contributed by atoms with Crippen LogP contribution in [0.5, 0.6) is 5.75 Å². The molecule has 0 unspecified atom stereocenters. The van der Waals surface area contributed by atoms with E-state index in [9.17, 15) is 22.4 Å². The fraction of sp³-hybridized carbons (Fsp3) is 0.120. The number of hydrogen-bond acceptors (Lipinski definition) is 5. The molecule has 0 spiro atoms. The Balaban J connectivity index is 1.48. The number of halogens is 4. The van der Waals surface area contributed by atoms with Crippen LogP contribution in [0.25, 0.3) is 22.3 Å². The SMILES string of the molecule is O=C(Cn1nnc2ccccc21)N(Cc1cc(F)cc(OC(F)(F)F)c1)c1ccc(-c2c[nH]cn2)cc1. The summed E-state index contributed by atoms with van der Waals surface area (Å²) in [6.07, 6.45) is -1.74. The van der Waals surface area contributed by atoms with Gasteiger partial charge in [-0.2, -0.15) is 0 Å². The summed E-state index contributed by atoms with van der Waals surface area (Å²) in [5, 5.41) is 8.08. The second-order valence-corrected chi connectivity index (χ2v) is 8.06. The van der Waals surface area contributed by atoms with E-state index in [0.717, 1.165) is 17.7 Å². The summed E-state index contributed by atoms with van der Waals surface area (Å²) in [4.78, 5) is 21.9. The van der Waals surface area contributed by atoms with Crippen LogP contribution in [0, 0.1) is 5.82 Å². The maximum Gasteiger partial charge on any atom is 0.573 e. The summed E-state index contributed by atoms with van der Waals surface area (Å²) in [5.41, 5.74) is 3.26. The van der Waals surface area contributed by atoms with E-state index < -0.39 is 23.8 Å². The van der Waals surface area contributed by atoms with E-state index in [1.54, 1.807) is 54.7 Å². The number of H-pyrrole nitrogens is 1. The molecule has 0 bridgehead atoms. The second kappa shape index (κ2) is 9.72. The minimum Gasteiger partial charge on any atom is -0.406 e. The predicted molar refractivity (Wildman–Crippen MR) is 126 cm³/mol. The molecule has 5 rings (SSSR count). The molecule has 1 amide bonds. The average Bonchev–Trinajstić information content (AvgIpc) is 3.52. The van der Waals surface area contributed by atoms with Gasteiger partial charge in [0.1, 0.15) is 23.6 Å². The molecule has 3 aromatic carbocycles. The van der Waals surface area contributed by atoms with E-state index in [0.29, 0.717) is 28.5 Å². The van der Waals surface area contributed by atoms with Crippen LogP contribution in [0.15, 0.2) is 79.3 Å². The van der Waals surface area contributed by atoms with Crippen molar-refractivity contribution in [1.29, 1.82) is 0 Å². The van der Waals surface area contributed by atoms with Crippen LogP contribution < -0.4 is 9.64 Å². The van der Waals surface area contributed by atoms with Gasteiger partial charge in [0.25, 0.3) is 0 Å². The van der Waals surface area contributed by atoms with Gasteiger partial charge in [-0.15, -0.1) is 18.3 Å². The maximum atomic E-state index is 14.2. The van der Waals surface area contributed by atoms with Crippen molar-refractivity contribution in [2.45, 2.75) is 19.5 Å². The largest absolute Gasteiger partial charge is 0.573 e. The van der Waals surface area contributed by atoms with Crippen molar-refractivity contribution in [3.8, 4) is 17.0 Å². The first-order valence-electron chi connectivity index (χ1n) is 11.0. The average molecular weight is 510 g/mol. The number of carbonyl (C=O) groups excluding carboxylic acids is 1. The van der Waals surface area contributed by atoms with Gasteiger partial charge < -0.3 is 14.6 Å². The van der Waals surface area contributed by atoms with Crippen molar-refractivity contribution in [3.63, 3.8) is 0 Å². The Kier molecular flexibility index (Phi) is 6.30. The Labute approximate surface area is 207 Å². The molecule has 1 N–H and O–H groups in total. The van der Waals surface area contributed by atoms with Gasteiger partial charge in [-0.05, 0) is 42.0 Å². The molecule has 0 aliphatic rings. The first-order chi connectivity index (χ1) is 17.7. The molecule has 37 heavy (non-hydrogen) atoms. The number of para-hydroxylation sites is 1. The summed E-state index contributed by atoms with van der Waals surface area (Å²) in [6.45, 7) is -0.429. The molecule has 12 heteroatoms. The standard InChI is InChI=1S/C25H18F4N6O2/c26-18-9-16(10-20(11-18)37-25(27,28)29)13-34(19-7-5-17(6-8-19)22-12-30-15-31-22)24(36)14-35-23-4-2-1-3-21(23)32-33-35/h1-12,15H,13-14H2,(H,30,31). The molecule has 2 heterocycles. The van der Waals surface area contributed by atoms with Gasteiger partial charge in [0.15, 0.2) is 0 Å². The first-order valence-corrected chi connectivity index (χ1v) is 11.0. The zero-order chi connectivity index (χ0) is 26.0. The van der Waals surface area contributed by atoms with Gasteiger partial charge in [-0.3, -0.25) is 4.79 Å². The number of nitrogens with zero attached hydrogens (tertiary/aromatic N) is 5. The molecule has 0 atom stereocenters. The van der Waals surface area contributed by atoms with E-state index >= 15 is 0 Å². The van der Waals surface area contributed by atoms with Crippen LogP contribution >= 0.6 is 0 Å². The molecule has 0 radical (unpaired) electrons. The minimum atomic E-state index is -4.99. The Morgan fingerprint density at radius 1 is 1.05 bits per heavy atom. The number of imidazole rings is 1. The molecule has 0 saturated heterocycles. The number of benzene rings is 3. The highest BCUT2D eigenvalue weighted by Crippen LogP contribution is 2.28. The lowest BCUT2D eigenvalue weighted by molar-refractivity contribution is -0.274. The fourth-order valence-corrected chi connectivity index (χ4v) is 3.89. The smallest absolute Gasteiger partial charge is 0.406 e. The summed E-state index contributed by atoms with van der Waals surface area (Å²) >= 11 is 0. The van der Waals surface area contributed by atoms with Gasteiger partial charge in [0.2, 0.25) is 5.91 Å². The number of fused-ring (bicyclic) bond motifs is 1. The van der Waals surface area contributed by atoms with Crippen LogP contribution in [0.3, 0.4) is 0 Å². The zero-order valence-electron chi connectivity index (χ0n) is 19.0. The predicted octanol–water partition coefficient (Wildman–Crippen LogP) is 5.09. The van der Waals surface area contributed by atoms with Gasteiger partial charge >= 0.3 is 6.36 Å². The molecular weight excluding hydrogens is 492 g/mol. The Morgan fingerprint density at radius 2 is 1.84 bits per heavy atom. The fourth-order valence-electron chi connectivity index (χ4n) is 3.89. The van der Waals surface area contributed by atoms with Crippen molar-refractivity contribution in [2.24, 2.45) is 0 Å². The van der Waals surface area contributed by atoms with E-state index in [2.05, 4.69) is 25.0 Å². The number of amides is 1. The van der Waals surface area contributed by atoms with Gasteiger partial charge in [0, 0.05) is 23.5 Å². The van der Waals surface area contributed by atoms with Crippen molar-refractivity contribution in [3.05, 3.63) is 90.6 Å². The Bertz CT molecular complexity index is 1530. The number of alkyl halides is 3. The summed E-state index contributed by atoms with van der Waals surface area (Å²) in [7, 11) is 0. The molecule has 0 fully saturated rings. The van der Waals surface area contributed by atoms with Crippen LogP contribution in [-0.2, 0) is 17.9 Å². The maximum absolute atomic E-state index is 14.2. The van der Waals surface area contributed by atoms with E-state index in [1.165, 1.54) is 15.9 Å². The highest BCUT2D eigenvalue weighted by Gasteiger charge is 2.31. The number of aromatic nitrogens is 5. The third kappa shape index (κ3) is 5.58. The molecule has 2 aromatic heterocycles. The third-order valence-electron chi connectivity index (χ3n) is 5.48. The number of aromatic amines is 1. The van der Waals surface area contributed by atoms with Gasteiger partial charge in [-0.1, -0.05) is 29.5 Å². The number of ether oxygens (including phenoxy) is 1. The quantitative estimate of drug-likeness (QED) is 0.308. The second-order valence-electron chi connectivity index (χ2n) is 8.06. The summed E-state index contributed by atoms with van der Waals surface area (Å²) in [6, 6.07) is 16.7. The van der Waals surface area contributed by atoms with Crippen LogP contribution in [-0.4, -0.2) is 37.2 Å². The number of hydrogen-bond donors (Lipinski definition) is 1. The molecule has 188 valence electrons. The first kappa shape index (κ1) is 24.0. The molecule has 0 saturated carbocycles. The lowest BCUT2D eigenvalue weighted by atomic mass is 10.1. The number of anilines is 1. The van der Waals surface area contributed by atoms with Crippen LogP contribution in [0.1, 0.15) is 5.56 Å². The topological polar surface area (TPSA) is 88.9 Å². The molecule has 5 aromatic rings. The van der Waals surface area contributed by atoms with E-state index in [-0.39, 0.29) is 18.7 Å². The Morgan fingerprint density at radius 3 is 2.57 bits per heavy atom. The minimum absolute atomic E-state index is 0.104. The number of nitrogens with one attached hydrogen (secondary N) is 1. The lowest BCUT2D eigenvalue weighted by Crippen LogP contribution is -2.33. The van der Waals surface area contributed by atoms with Crippen LogP contribution in [0.2, 0.25) is 0 Å². The van der Waals surface area contributed by atoms with Gasteiger partial charge in [-0.25, -0.2) is 14.1 Å². The normalized spacial score (nSPS) is 11.6. The summed E-state index contributed by atoms with van der Waals surface area (Å²) in [5.74, 6) is -2.09. The molecule has 8 nitrogen and oxygen atoms in total. The summed E-state index contributed by atoms with van der Waals surface area (Å²) < 4.78 is 57.6. The molecule has 0 aliphatic heterocycles. The highest BCUT2D eigenvalue weighted by atomic mass is 19.4. The zero-order valence-corrected chi connectivity index (χ0v) is 19.0. The lowest BCUT2D eigenvalue weighted by Gasteiger charge is -2.24. The van der Waals surface area contributed by atoms with Gasteiger partial charge in [0.05, 0.1) is 24.1 Å². The van der Waals surface area contributed by atoms with E-state index in [1.807, 2.05) is 0 Å². The van der Waals surface area contributed by atoms with Crippen molar-refractivity contribution >= 4 is 22.6 Å². The van der Waals surface area contributed by atoms with Crippen molar-refractivity contribution in [2.75, 3.05) is 4.90 Å². The molecular formula is C25H18F4N6O2. The Hall–Kier alpha value is -4.74. The number of rotatable bonds is 7. The highest BCUT2D eigenvalue weighted by molar-refractivity contribution is 5.94. The van der Waals surface area contributed by atoms with E-state index in [4.69, 9.17) is 0 Å². The van der Waals surface area contributed by atoms with Crippen molar-refractivity contribution < 1.29 is 27.1 Å². The van der Waals surface area contributed by atoms with Crippen LogP contribution in [0.4, 0.5) is 23.2 Å². The molecule has 0 aliphatic carbocycles. The third-order valence-corrected chi connectivity index (χ3v) is 5.48.